The van der Waals surface area contributed by atoms with Gasteiger partial charge in [-0.25, -0.2) is 0 Å². The average Bonchev–Trinajstić information content (AvgIpc) is 2.30. The second-order valence-corrected chi connectivity index (χ2v) is 6.59. The molecule has 0 fully saturated rings. The number of carbonyl (C=O) groups is 2. The standard InChI is InChI=1S/C17H25NO3/c1-12-6-7-14(13(2)8-12)11-18(5)15(19)9-17(3,4)10-16(20)21/h6-8H,9-11H2,1-5H3,(H,20,21). The van der Waals surface area contributed by atoms with Crippen LogP contribution in [-0.2, 0) is 16.1 Å². The molecule has 1 aromatic carbocycles. The summed E-state index contributed by atoms with van der Waals surface area (Å²) in [5.74, 6) is -0.897. The van der Waals surface area contributed by atoms with Crippen molar-refractivity contribution in [3.8, 4) is 0 Å². The number of hydrogen-bond donors (Lipinski definition) is 1. The second-order valence-electron chi connectivity index (χ2n) is 6.59. The summed E-state index contributed by atoms with van der Waals surface area (Å²) in [5.41, 5.74) is 2.96. The minimum Gasteiger partial charge on any atom is -0.481 e. The highest BCUT2D eigenvalue weighted by atomic mass is 16.4. The van der Waals surface area contributed by atoms with E-state index in [1.165, 1.54) is 11.1 Å². The van der Waals surface area contributed by atoms with Gasteiger partial charge in [-0.05, 0) is 30.4 Å². The number of hydrogen-bond acceptors (Lipinski definition) is 2. The predicted molar refractivity (Wildman–Crippen MR) is 83.0 cm³/mol. The van der Waals surface area contributed by atoms with Crippen LogP contribution in [0, 0.1) is 19.3 Å². The number of aliphatic carboxylic acids is 1. The normalized spacial score (nSPS) is 11.3. The van der Waals surface area contributed by atoms with Crippen molar-refractivity contribution in [2.75, 3.05) is 7.05 Å². The zero-order valence-electron chi connectivity index (χ0n) is 13.6. The Hall–Kier alpha value is -1.84. The molecular formula is C17H25NO3. The molecule has 0 unspecified atom stereocenters. The van der Waals surface area contributed by atoms with Crippen molar-refractivity contribution in [2.24, 2.45) is 5.41 Å². The third-order valence-electron chi connectivity index (χ3n) is 3.59. The molecule has 0 aliphatic heterocycles. The van der Waals surface area contributed by atoms with Gasteiger partial charge in [0.15, 0.2) is 0 Å². The molecule has 0 saturated carbocycles. The molecule has 116 valence electrons. The van der Waals surface area contributed by atoms with Crippen LogP contribution < -0.4 is 0 Å². The van der Waals surface area contributed by atoms with Crippen molar-refractivity contribution in [1.82, 2.24) is 4.90 Å². The maximum Gasteiger partial charge on any atom is 0.303 e. The Morgan fingerprint density at radius 1 is 1.19 bits per heavy atom. The minimum atomic E-state index is -0.871. The van der Waals surface area contributed by atoms with Gasteiger partial charge in [0.25, 0.3) is 0 Å². The van der Waals surface area contributed by atoms with Crippen molar-refractivity contribution in [1.29, 1.82) is 0 Å². The van der Waals surface area contributed by atoms with Gasteiger partial charge in [-0.1, -0.05) is 37.6 Å². The van der Waals surface area contributed by atoms with Gasteiger partial charge in [0.2, 0.25) is 5.91 Å². The number of carbonyl (C=O) groups excluding carboxylic acids is 1. The second kappa shape index (κ2) is 6.74. The molecule has 4 nitrogen and oxygen atoms in total. The molecule has 1 N–H and O–H groups in total. The van der Waals surface area contributed by atoms with E-state index in [4.69, 9.17) is 5.11 Å². The molecule has 0 bridgehead atoms. The highest BCUT2D eigenvalue weighted by Crippen LogP contribution is 2.26. The van der Waals surface area contributed by atoms with Crippen molar-refractivity contribution in [3.63, 3.8) is 0 Å². The van der Waals surface area contributed by atoms with Crippen LogP contribution in [0.25, 0.3) is 0 Å². The van der Waals surface area contributed by atoms with E-state index in [1.54, 1.807) is 11.9 Å². The SMILES string of the molecule is Cc1ccc(CN(C)C(=O)CC(C)(C)CC(=O)O)c(C)c1. The van der Waals surface area contributed by atoms with Crippen molar-refractivity contribution >= 4 is 11.9 Å². The fraction of sp³-hybridized carbons (Fsp3) is 0.529. The van der Waals surface area contributed by atoms with Gasteiger partial charge >= 0.3 is 5.97 Å². The zero-order chi connectivity index (χ0) is 16.2. The fourth-order valence-electron chi connectivity index (χ4n) is 2.38. The molecule has 4 heteroatoms. The molecule has 0 aliphatic rings. The number of aryl methyl sites for hydroxylation is 2. The minimum absolute atomic E-state index is 0.00383. The van der Waals surface area contributed by atoms with E-state index in [9.17, 15) is 9.59 Å². The Labute approximate surface area is 126 Å². The highest BCUT2D eigenvalue weighted by molar-refractivity contribution is 5.78. The first-order valence-electron chi connectivity index (χ1n) is 7.12. The van der Waals surface area contributed by atoms with E-state index in [2.05, 4.69) is 6.07 Å². The average molecular weight is 291 g/mol. The quantitative estimate of drug-likeness (QED) is 0.876. The molecule has 0 aromatic heterocycles. The lowest BCUT2D eigenvalue weighted by molar-refractivity contribution is -0.140. The predicted octanol–water partition coefficient (Wildman–Crippen LogP) is 3.15. The van der Waals surface area contributed by atoms with Gasteiger partial charge in [0, 0.05) is 20.0 Å². The van der Waals surface area contributed by atoms with Gasteiger partial charge in [-0.3, -0.25) is 9.59 Å². The molecule has 21 heavy (non-hydrogen) atoms. The lowest BCUT2D eigenvalue weighted by Crippen LogP contribution is -2.31. The van der Waals surface area contributed by atoms with Gasteiger partial charge in [0.1, 0.15) is 0 Å². The van der Waals surface area contributed by atoms with Gasteiger partial charge < -0.3 is 10.0 Å². The van der Waals surface area contributed by atoms with Crippen LogP contribution in [0.2, 0.25) is 0 Å². The first kappa shape index (κ1) is 17.2. The van der Waals surface area contributed by atoms with E-state index in [0.29, 0.717) is 6.54 Å². The van der Waals surface area contributed by atoms with E-state index in [1.807, 2.05) is 39.8 Å². The topological polar surface area (TPSA) is 57.6 Å². The number of benzene rings is 1. The summed E-state index contributed by atoms with van der Waals surface area (Å²) in [6, 6.07) is 6.17. The Morgan fingerprint density at radius 2 is 1.81 bits per heavy atom. The summed E-state index contributed by atoms with van der Waals surface area (Å²) in [7, 11) is 1.76. The molecule has 1 amide bonds. The van der Waals surface area contributed by atoms with E-state index < -0.39 is 11.4 Å². The van der Waals surface area contributed by atoms with Crippen LogP contribution in [0.3, 0.4) is 0 Å². The Morgan fingerprint density at radius 3 is 2.33 bits per heavy atom. The molecule has 0 saturated heterocycles. The first-order chi connectivity index (χ1) is 9.60. The zero-order valence-corrected chi connectivity index (χ0v) is 13.6. The summed E-state index contributed by atoms with van der Waals surface area (Å²) in [5, 5.41) is 8.87. The summed E-state index contributed by atoms with van der Waals surface area (Å²) in [6.07, 6.45) is 0.233. The highest BCUT2D eigenvalue weighted by Gasteiger charge is 2.26. The molecule has 0 spiro atoms. The summed E-state index contributed by atoms with van der Waals surface area (Å²) >= 11 is 0. The smallest absolute Gasteiger partial charge is 0.303 e. The molecule has 0 aliphatic carbocycles. The maximum absolute atomic E-state index is 12.3. The Kier molecular flexibility index (Phi) is 5.53. The molecule has 0 radical (unpaired) electrons. The van der Waals surface area contributed by atoms with Gasteiger partial charge in [-0.2, -0.15) is 0 Å². The number of carboxylic acid groups (broad SMARTS) is 1. The summed E-state index contributed by atoms with van der Waals surface area (Å²) < 4.78 is 0. The molecule has 0 heterocycles. The van der Waals surface area contributed by atoms with Crippen LogP contribution >= 0.6 is 0 Å². The van der Waals surface area contributed by atoms with E-state index >= 15 is 0 Å². The lowest BCUT2D eigenvalue weighted by Gasteiger charge is -2.26. The number of rotatable bonds is 6. The van der Waals surface area contributed by atoms with Gasteiger partial charge in [0.05, 0.1) is 6.42 Å². The van der Waals surface area contributed by atoms with E-state index in [-0.39, 0.29) is 18.7 Å². The van der Waals surface area contributed by atoms with Crippen LogP contribution in [0.4, 0.5) is 0 Å². The Bertz CT molecular complexity index is 535. The fourth-order valence-corrected chi connectivity index (χ4v) is 2.38. The molecule has 0 atom stereocenters. The van der Waals surface area contributed by atoms with Crippen molar-refractivity contribution < 1.29 is 14.7 Å². The summed E-state index contributed by atoms with van der Waals surface area (Å²) in [4.78, 5) is 24.7. The molecular weight excluding hydrogens is 266 g/mol. The molecule has 1 aromatic rings. The van der Waals surface area contributed by atoms with Crippen LogP contribution in [0.1, 0.15) is 43.4 Å². The van der Waals surface area contributed by atoms with Crippen LogP contribution in [0.5, 0.6) is 0 Å². The first-order valence-corrected chi connectivity index (χ1v) is 7.12. The monoisotopic (exact) mass is 291 g/mol. The van der Waals surface area contributed by atoms with Crippen molar-refractivity contribution in [3.05, 3.63) is 34.9 Å². The third kappa shape index (κ3) is 5.58. The Balaban J connectivity index is 2.68. The maximum atomic E-state index is 12.3. The molecule has 1 rings (SSSR count). The summed E-state index contributed by atoms with van der Waals surface area (Å²) in [6.45, 7) is 8.25. The number of carboxylic acids is 1. The van der Waals surface area contributed by atoms with Crippen LogP contribution in [-0.4, -0.2) is 28.9 Å². The van der Waals surface area contributed by atoms with E-state index in [0.717, 1.165) is 5.56 Å². The number of nitrogens with zero attached hydrogens (tertiary/aromatic N) is 1. The van der Waals surface area contributed by atoms with Gasteiger partial charge in [-0.15, -0.1) is 0 Å². The lowest BCUT2D eigenvalue weighted by atomic mass is 9.85. The largest absolute Gasteiger partial charge is 0.481 e. The number of amides is 1. The van der Waals surface area contributed by atoms with Crippen molar-refractivity contribution in [2.45, 2.75) is 47.1 Å². The van der Waals surface area contributed by atoms with Crippen LogP contribution in [0.15, 0.2) is 18.2 Å². The third-order valence-corrected chi connectivity index (χ3v) is 3.59.